The molecule has 2 N–H and O–H groups in total. The number of carbonyl (C=O) groups excluding carboxylic acids is 1. The van der Waals surface area contributed by atoms with Gasteiger partial charge < -0.3 is 19.5 Å². The van der Waals surface area contributed by atoms with Gasteiger partial charge in [-0.3, -0.25) is 9.89 Å². The number of hydrogen-bond donors (Lipinski definition) is 2. The largest absolute Gasteiger partial charge is 0.497 e. The first-order valence-corrected chi connectivity index (χ1v) is 12.3. The predicted octanol–water partition coefficient (Wildman–Crippen LogP) is 4.73. The summed E-state index contributed by atoms with van der Waals surface area (Å²) >= 11 is 0. The van der Waals surface area contributed by atoms with Crippen molar-refractivity contribution in [2.75, 3.05) is 33.3 Å². The standard InChI is InChI=1S/C25H28N6O2.C2H6/c1-33-21-6-4-5-18(13-21)17-31(12-11-30-9-2-3-10-30)25(32)23-14-19-7-8-22(28-24(19)29-23)20-15-26-27-16-20;1-2/h4-8,13-16H,2-3,9-12,17H2,1H3,(H,26,27)(H,28,29);1-2H3. The Morgan fingerprint density at radius 3 is 2.71 bits per heavy atom. The number of pyridine rings is 1. The Morgan fingerprint density at radius 1 is 1.14 bits per heavy atom. The van der Waals surface area contributed by atoms with Crippen LogP contribution in [0.2, 0.25) is 0 Å². The van der Waals surface area contributed by atoms with Gasteiger partial charge >= 0.3 is 0 Å². The zero-order chi connectivity index (χ0) is 24.6. The first-order chi connectivity index (χ1) is 17.2. The van der Waals surface area contributed by atoms with Gasteiger partial charge in [-0.15, -0.1) is 0 Å². The summed E-state index contributed by atoms with van der Waals surface area (Å²) in [5.74, 6) is 0.765. The van der Waals surface area contributed by atoms with E-state index in [2.05, 4.69) is 25.1 Å². The molecule has 8 nitrogen and oxygen atoms in total. The van der Waals surface area contributed by atoms with E-state index in [1.54, 1.807) is 19.5 Å². The van der Waals surface area contributed by atoms with Crippen LogP contribution in [0.3, 0.4) is 0 Å². The van der Waals surface area contributed by atoms with Gasteiger partial charge in [-0.05, 0) is 61.8 Å². The van der Waals surface area contributed by atoms with Gasteiger partial charge in [0.05, 0.1) is 19.0 Å². The van der Waals surface area contributed by atoms with Gasteiger partial charge in [0, 0.05) is 36.8 Å². The van der Waals surface area contributed by atoms with Crippen molar-refractivity contribution in [3.8, 4) is 17.0 Å². The predicted molar refractivity (Wildman–Crippen MR) is 138 cm³/mol. The maximum absolute atomic E-state index is 13.6. The minimum absolute atomic E-state index is 0.0279. The second-order valence-electron chi connectivity index (χ2n) is 8.43. The molecule has 0 saturated carbocycles. The Balaban J connectivity index is 0.00000141. The van der Waals surface area contributed by atoms with E-state index in [4.69, 9.17) is 4.74 Å². The number of likely N-dealkylation sites (tertiary alicyclic amines) is 1. The first-order valence-electron chi connectivity index (χ1n) is 12.3. The van der Waals surface area contributed by atoms with Crippen LogP contribution in [0.25, 0.3) is 22.3 Å². The van der Waals surface area contributed by atoms with Crippen LogP contribution < -0.4 is 4.74 Å². The number of amides is 1. The third kappa shape index (κ3) is 5.89. The lowest BCUT2D eigenvalue weighted by Gasteiger charge is -2.25. The topological polar surface area (TPSA) is 90.1 Å². The highest BCUT2D eigenvalue weighted by Crippen LogP contribution is 2.22. The van der Waals surface area contributed by atoms with Crippen LogP contribution in [0.4, 0.5) is 0 Å². The fourth-order valence-corrected chi connectivity index (χ4v) is 4.35. The molecule has 35 heavy (non-hydrogen) atoms. The Kier molecular flexibility index (Phi) is 8.15. The molecular weight excluding hydrogens is 440 g/mol. The Hall–Kier alpha value is -3.65. The summed E-state index contributed by atoms with van der Waals surface area (Å²) in [7, 11) is 1.66. The van der Waals surface area contributed by atoms with Crippen molar-refractivity contribution in [1.82, 2.24) is 30.0 Å². The molecule has 1 aliphatic rings. The van der Waals surface area contributed by atoms with Gasteiger partial charge in [-0.25, -0.2) is 4.98 Å². The fourth-order valence-electron chi connectivity index (χ4n) is 4.35. The molecule has 0 radical (unpaired) electrons. The number of nitrogens with zero attached hydrogens (tertiary/aromatic N) is 4. The third-order valence-electron chi connectivity index (χ3n) is 6.18. The molecule has 0 spiro atoms. The number of carbonyl (C=O) groups is 1. The van der Waals surface area contributed by atoms with E-state index in [-0.39, 0.29) is 5.91 Å². The van der Waals surface area contributed by atoms with Crippen LogP contribution >= 0.6 is 0 Å². The molecule has 4 aromatic rings. The lowest BCUT2D eigenvalue weighted by molar-refractivity contribution is 0.0722. The lowest BCUT2D eigenvalue weighted by Crippen LogP contribution is -2.37. The first kappa shape index (κ1) is 24.5. The number of aromatic amines is 2. The SMILES string of the molecule is CC.COc1cccc(CN(CCN2CCCC2)C(=O)c2cc3ccc(-c4cn[nH]c4)nc3[nH]2)c1. The summed E-state index contributed by atoms with van der Waals surface area (Å²) in [6.07, 6.45) is 6.00. The number of H-pyrrole nitrogens is 2. The number of methoxy groups -OCH3 is 1. The van der Waals surface area contributed by atoms with Gasteiger partial charge in [-0.1, -0.05) is 26.0 Å². The smallest absolute Gasteiger partial charge is 0.270 e. The molecule has 0 bridgehead atoms. The van der Waals surface area contributed by atoms with Crippen molar-refractivity contribution in [1.29, 1.82) is 0 Å². The maximum Gasteiger partial charge on any atom is 0.270 e. The second kappa shape index (κ2) is 11.7. The van der Waals surface area contributed by atoms with E-state index in [0.29, 0.717) is 24.4 Å². The number of aromatic nitrogens is 4. The average molecular weight is 475 g/mol. The molecule has 184 valence electrons. The second-order valence-corrected chi connectivity index (χ2v) is 8.43. The molecule has 1 fully saturated rings. The van der Waals surface area contributed by atoms with Gasteiger partial charge in [0.15, 0.2) is 0 Å². The normalized spacial score (nSPS) is 13.5. The molecule has 3 aromatic heterocycles. The number of ether oxygens (including phenoxy) is 1. The number of fused-ring (bicyclic) bond motifs is 1. The molecular formula is C27H34N6O2. The molecule has 1 aromatic carbocycles. The zero-order valence-corrected chi connectivity index (χ0v) is 20.8. The summed E-state index contributed by atoms with van der Waals surface area (Å²) < 4.78 is 5.37. The van der Waals surface area contributed by atoms with Crippen molar-refractivity contribution in [3.63, 3.8) is 0 Å². The van der Waals surface area contributed by atoms with Crippen molar-refractivity contribution >= 4 is 16.9 Å². The van der Waals surface area contributed by atoms with Crippen molar-refractivity contribution in [3.05, 3.63) is 66.1 Å². The highest BCUT2D eigenvalue weighted by molar-refractivity contribution is 5.97. The van der Waals surface area contributed by atoms with E-state index >= 15 is 0 Å². The Bertz CT molecular complexity index is 1230. The number of hydrogen-bond acceptors (Lipinski definition) is 5. The van der Waals surface area contributed by atoms with Crippen LogP contribution in [0.1, 0.15) is 42.7 Å². The monoisotopic (exact) mass is 474 g/mol. The Morgan fingerprint density at radius 2 is 1.97 bits per heavy atom. The summed E-state index contributed by atoms with van der Waals surface area (Å²) in [4.78, 5) is 25.9. The molecule has 1 amide bonds. The van der Waals surface area contributed by atoms with Crippen molar-refractivity contribution in [2.24, 2.45) is 0 Å². The molecule has 1 saturated heterocycles. The van der Waals surface area contributed by atoms with Crippen LogP contribution in [0.5, 0.6) is 5.75 Å². The van der Waals surface area contributed by atoms with E-state index in [0.717, 1.165) is 47.6 Å². The molecule has 0 unspecified atom stereocenters. The van der Waals surface area contributed by atoms with Crippen LogP contribution in [-0.4, -0.2) is 69.2 Å². The molecule has 1 aliphatic heterocycles. The van der Waals surface area contributed by atoms with Crippen LogP contribution in [0.15, 0.2) is 54.9 Å². The lowest BCUT2D eigenvalue weighted by atomic mass is 10.2. The van der Waals surface area contributed by atoms with Crippen LogP contribution in [-0.2, 0) is 6.54 Å². The van der Waals surface area contributed by atoms with E-state index in [1.807, 2.05) is 61.2 Å². The minimum atomic E-state index is -0.0279. The summed E-state index contributed by atoms with van der Waals surface area (Å²) in [6.45, 7) is 8.27. The quantitative estimate of drug-likeness (QED) is 0.385. The highest BCUT2D eigenvalue weighted by Gasteiger charge is 2.21. The number of benzene rings is 1. The zero-order valence-electron chi connectivity index (χ0n) is 20.8. The van der Waals surface area contributed by atoms with E-state index in [1.165, 1.54) is 12.8 Å². The summed E-state index contributed by atoms with van der Waals surface area (Å²) in [5.41, 5.74) is 3.99. The van der Waals surface area contributed by atoms with Gasteiger partial charge in [0.25, 0.3) is 5.91 Å². The van der Waals surface area contributed by atoms with Gasteiger partial charge in [-0.2, -0.15) is 5.10 Å². The maximum atomic E-state index is 13.6. The summed E-state index contributed by atoms with van der Waals surface area (Å²) in [5, 5.41) is 7.71. The highest BCUT2D eigenvalue weighted by atomic mass is 16.5. The van der Waals surface area contributed by atoms with Crippen LogP contribution in [0, 0.1) is 0 Å². The number of rotatable bonds is 8. The minimum Gasteiger partial charge on any atom is -0.497 e. The van der Waals surface area contributed by atoms with Crippen molar-refractivity contribution in [2.45, 2.75) is 33.2 Å². The molecule has 4 heterocycles. The third-order valence-corrected chi connectivity index (χ3v) is 6.18. The van der Waals surface area contributed by atoms with Gasteiger partial charge in [0.2, 0.25) is 0 Å². The molecule has 0 atom stereocenters. The Labute approximate surface area is 206 Å². The molecule has 5 rings (SSSR count). The van der Waals surface area contributed by atoms with Crippen molar-refractivity contribution < 1.29 is 9.53 Å². The van der Waals surface area contributed by atoms with E-state index in [9.17, 15) is 4.79 Å². The molecule has 0 aliphatic carbocycles. The number of nitrogens with one attached hydrogen (secondary N) is 2. The molecule has 8 heteroatoms. The van der Waals surface area contributed by atoms with Gasteiger partial charge in [0.1, 0.15) is 17.1 Å². The summed E-state index contributed by atoms with van der Waals surface area (Å²) in [6, 6.07) is 13.7. The van der Waals surface area contributed by atoms with E-state index < -0.39 is 0 Å². The fraction of sp³-hybridized carbons (Fsp3) is 0.370. The average Bonchev–Trinajstić information content (AvgIpc) is 3.69.